The number of hydrogen-bond donors (Lipinski definition) is 1. The highest BCUT2D eigenvalue weighted by molar-refractivity contribution is 5.87. The lowest BCUT2D eigenvalue weighted by molar-refractivity contribution is 1.22. The molecule has 64 valence electrons. The van der Waals surface area contributed by atoms with Crippen LogP contribution in [-0.2, 0) is 0 Å². The van der Waals surface area contributed by atoms with Gasteiger partial charge in [0.2, 0.25) is 0 Å². The van der Waals surface area contributed by atoms with Crippen molar-refractivity contribution in [3.05, 3.63) is 34.5 Å². The Morgan fingerprint density at radius 1 is 1.62 bits per heavy atom. The van der Waals surface area contributed by atoms with Gasteiger partial charge in [0.15, 0.2) is 0 Å². The second kappa shape index (κ2) is 2.80. The number of aromatic amines is 1. The second-order valence-corrected chi connectivity index (χ2v) is 2.71. The molecule has 5 nitrogen and oxygen atoms in total. The van der Waals surface area contributed by atoms with Crippen LogP contribution in [0.5, 0.6) is 0 Å². The van der Waals surface area contributed by atoms with E-state index in [2.05, 4.69) is 20.0 Å². The summed E-state index contributed by atoms with van der Waals surface area (Å²) in [6.07, 6.45) is 1.77. The summed E-state index contributed by atoms with van der Waals surface area (Å²) >= 11 is 0. The standard InChI is InChI=1S/C8H7N5/c1-5-4-7(12-13-9)6-2-3-10-8(6)11-5/h2-4H,1H3,(H,10,11). The van der Waals surface area contributed by atoms with Gasteiger partial charge >= 0.3 is 0 Å². The third-order valence-corrected chi connectivity index (χ3v) is 1.79. The highest BCUT2D eigenvalue weighted by Crippen LogP contribution is 2.24. The smallest absolute Gasteiger partial charge is 0.137 e. The summed E-state index contributed by atoms with van der Waals surface area (Å²) in [6.45, 7) is 1.86. The van der Waals surface area contributed by atoms with E-state index in [9.17, 15) is 0 Å². The van der Waals surface area contributed by atoms with Crippen LogP contribution in [0.1, 0.15) is 5.69 Å². The number of pyridine rings is 1. The normalized spacial score (nSPS) is 9.92. The topological polar surface area (TPSA) is 77.4 Å². The van der Waals surface area contributed by atoms with Crippen LogP contribution in [0, 0.1) is 6.92 Å². The van der Waals surface area contributed by atoms with Crippen LogP contribution in [0.15, 0.2) is 23.4 Å². The second-order valence-electron chi connectivity index (χ2n) is 2.71. The molecule has 0 aliphatic heterocycles. The largest absolute Gasteiger partial charge is 0.346 e. The van der Waals surface area contributed by atoms with Crippen LogP contribution in [0.3, 0.4) is 0 Å². The van der Waals surface area contributed by atoms with Gasteiger partial charge in [-0.2, -0.15) is 0 Å². The molecule has 5 heteroatoms. The van der Waals surface area contributed by atoms with E-state index in [1.54, 1.807) is 12.3 Å². The van der Waals surface area contributed by atoms with E-state index in [1.165, 1.54) is 0 Å². The average Bonchev–Trinajstić information content (AvgIpc) is 2.52. The fourth-order valence-electron chi connectivity index (χ4n) is 1.27. The molecule has 2 aromatic rings. The monoisotopic (exact) mass is 173 g/mol. The molecule has 0 aliphatic rings. The minimum Gasteiger partial charge on any atom is -0.346 e. The first-order valence-electron chi connectivity index (χ1n) is 3.81. The van der Waals surface area contributed by atoms with Crippen molar-refractivity contribution < 1.29 is 0 Å². The van der Waals surface area contributed by atoms with E-state index < -0.39 is 0 Å². The highest BCUT2D eigenvalue weighted by atomic mass is 15.1. The van der Waals surface area contributed by atoms with E-state index in [0.29, 0.717) is 5.69 Å². The van der Waals surface area contributed by atoms with Crippen molar-refractivity contribution in [3.8, 4) is 0 Å². The Morgan fingerprint density at radius 3 is 3.23 bits per heavy atom. The number of H-pyrrole nitrogens is 1. The zero-order valence-electron chi connectivity index (χ0n) is 7.02. The van der Waals surface area contributed by atoms with Crippen LogP contribution in [0.4, 0.5) is 5.69 Å². The summed E-state index contributed by atoms with van der Waals surface area (Å²) in [5.74, 6) is 0. The maximum Gasteiger partial charge on any atom is 0.137 e. The van der Waals surface area contributed by atoms with Gasteiger partial charge in [0.1, 0.15) is 5.65 Å². The Balaban J connectivity index is 2.84. The first-order valence-corrected chi connectivity index (χ1v) is 3.81. The molecule has 0 saturated heterocycles. The van der Waals surface area contributed by atoms with E-state index in [4.69, 9.17) is 5.53 Å². The molecule has 2 aromatic heterocycles. The summed E-state index contributed by atoms with van der Waals surface area (Å²) in [4.78, 5) is 9.96. The quantitative estimate of drug-likeness (QED) is 0.401. The summed E-state index contributed by atoms with van der Waals surface area (Å²) in [5, 5.41) is 4.44. The first-order chi connectivity index (χ1) is 6.31. The van der Waals surface area contributed by atoms with Gasteiger partial charge in [0.05, 0.1) is 5.69 Å². The number of aromatic nitrogens is 2. The lowest BCUT2D eigenvalue weighted by atomic mass is 10.2. The Morgan fingerprint density at radius 2 is 2.46 bits per heavy atom. The lowest BCUT2D eigenvalue weighted by Crippen LogP contribution is -1.81. The molecule has 0 unspecified atom stereocenters. The Hall–Kier alpha value is -2.00. The maximum absolute atomic E-state index is 8.34. The molecule has 0 radical (unpaired) electrons. The van der Waals surface area contributed by atoms with Gasteiger partial charge in [-0.3, -0.25) is 0 Å². The van der Waals surface area contributed by atoms with E-state index in [0.717, 1.165) is 16.7 Å². The van der Waals surface area contributed by atoms with Crippen LogP contribution < -0.4 is 0 Å². The van der Waals surface area contributed by atoms with Gasteiger partial charge in [-0.15, -0.1) is 0 Å². The van der Waals surface area contributed by atoms with Crippen molar-refractivity contribution in [3.63, 3.8) is 0 Å². The van der Waals surface area contributed by atoms with Crippen molar-refractivity contribution in [2.24, 2.45) is 5.11 Å². The maximum atomic E-state index is 8.34. The van der Waals surface area contributed by atoms with Crippen molar-refractivity contribution in [1.82, 2.24) is 9.97 Å². The Kier molecular flexibility index (Phi) is 1.65. The predicted molar refractivity (Wildman–Crippen MR) is 49.6 cm³/mol. The van der Waals surface area contributed by atoms with Crippen molar-refractivity contribution in [2.75, 3.05) is 0 Å². The number of nitrogens with one attached hydrogen (secondary N) is 1. The molecule has 0 saturated carbocycles. The fourth-order valence-corrected chi connectivity index (χ4v) is 1.27. The molecule has 0 aromatic carbocycles. The van der Waals surface area contributed by atoms with Crippen LogP contribution >= 0.6 is 0 Å². The van der Waals surface area contributed by atoms with E-state index in [1.807, 2.05) is 13.0 Å². The van der Waals surface area contributed by atoms with Crippen molar-refractivity contribution in [2.45, 2.75) is 6.92 Å². The van der Waals surface area contributed by atoms with E-state index >= 15 is 0 Å². The summed E-state index contributed by atoms with van der Waals surface area (Å²) in [5.41, 5.74) is 10.5. The number of rotatable bonds is 1. The van der Waals surface area contributed by atoms with Crippen molar-refractivity contribution >= 4 is 16.7 Å². The van der Waals surface area contributed by atoms with Gasteiger partial charge in [-0.1, -0.05) is 5.11 Å². The van der Waals surface area contributed by atoms with Gasteiger partial charge in [0, 0.05) is 22.2 Å². The van der Waals surface area contributed by atoms with E-state index in [-0.39, 0.29) is 0 Å². The molecule has 13 heavy (non-hydrogen) atoms. The molecule has 0 bridgehead atoms. The molecule has 0 fully saturated rings. The SMILES string of the molecule is Cc1cc(N=[N+]=[N-])c2cc[nH]c2n1. The molecular formula is C8H7N5. The van der Waals surface area contributed by atoms with Gasteiger partial charge in [-0.25, -0.2) is 4.98 Å². The van der Waals surface area contributed by atoms with Crippen LogP contribution in [-0.4, -0.2) is 9.97 Å². The number of hydrogen-bond acceptors (Lipinski definition) is 2. The third kappa shape index (κ3) is 1.21. The molecule has 2 heterocycles. The van der Waals surface area contributed by atoms with Crippen LogP contribution in [0.2, 0.25) is 0 Å². The minimum absolute atomic E-state index is 0.617. The van der Waals surface area contributed by atoms with Gasteiger partial charge in [-0.05, 0) is 24.6 Å². The third-order valence-electron chi connectivity index (χ3n) is 1.79. The van der Waals surface area contributed by atoms with Crippen LogP contribution in [0.25, 0.3) is 21.5 Å². The van der Waals surface area contributed by atoms with Gasteiger partial charge in [0.25, 0.3) is 0 Å². The molecule has 0 amide bonds. The van der Waals surface area contributed by atoms with Crippen molar-refractivity contribution in [1.29, 1.82) is 0 Å². The summed E-state index contributed by atoms with van der Waals surface area (Å²) < 4.78 is 0. The molecule has 1 N–H and O–H groups in total. The number of nitrogens with zero attached hydrogens (tertiary/aromatic N) is 4. The zero-order chi connectivity index (χ0) is 9.26. The number of aryl methyl sites for hydroxylation is 1. The molecule has 0 aliphatic carbocycles. The molecule has 0 spiro atoms. The summed E-state index contributed by atoms with van der Waals surface area (Å²) in [6, 6.07) is 3.60. The zero-order valence-corrected chi connectivity index (χ0v) is 7.02. The highest BCUT2D eigenvalue weighted by Gasteiger charge is 2.01. The average molecular weight is 173 g/mol. The Labute approximate surface area is 74.0 Å². The Bertz CT molecular complexity index is 492. The number of fused-ring (bicyclic) bond motifs is 1. The lowest BCUT2D eigenvalue weighted by Gasteiger charge is -1.96. The molecule has 0 atom stereocenters. The summed E-state index contributed by atoms with van der Waals surface area (Å²) in [7, 11) is 0. The van der Waals surface area contributed by atoms with Gasteiger partial charge < -0.3 is 4.98 Å². The first kappa shape index (κ1) is 7.64. The predicted octanol–water partition coefficient (Wildman–Crippen LogP) is 2.81. The molecular weight excluding hydrogens is 166 g/mol. The molecule has 2 rings (SSSR count). The fraction of sp³-hybridized carbons (Fsp3) is 0.125. The number of azide groups is 1. The minimum atomic E-state index is 0.617.